The zero-order valence-electron chi connectivity index (χ0n) is 10.8. The van der Waals surface area contributed by atoms with Crippen molar-refractivity contribution < 1.29 is 9.21 Å². The molecular formula is C15H16ClNO2. The summed E-state index contributed by atoms with van der Waals surface area (Å²) in [6.45, 7) is 2.76. The van der Waals surface area contributed by atoms with Gasteiger partial charge in [0.25, 0.3) is 5.91 Å². The standard InChI is InChI=1S/C15H16ClNO2/c1-2-3-10-17(12-7-5-4-6-8-12)15(18)13-9-11-19-14(13)16/h4-9,11H,2-3,10H2,1H3. The molecule has 0 aliphatic rings. The van der Waals surface area contributed by atoms with Crippen molar-refractivity contribution in [2.24, 2.45) is 0 Å². The fraction of sp³-hybridized carbons (Fsp3) is 0.267. The number of furan rings is 1. The van der Waals surface area contributed by atoms with Gasteiger partial charge in [-0.1, -0.05) is 31.5 Å². The van der Waals surface area contributed by atoms with Crippen LogP contribution in [-0.2, 0) is 0 Å². The molecule has 1 aromatic heterocycles. The highest BCUT2D eigenvalue weighted by Crippen LogP contribution is 2.23. The van der Waals surface area contributed by atoms with E-state index in [1.807, 2.05) is 30.3 Å². The number of hydrogen-bond acceptors (Lipinski definition) is 2. The predicted molar refractivity (Wildman–Crippen MR) is 76.7 cm³/mol. The van der Waals surface area contributed by atoms with Crippen molar-refractivity contribution in [1.82, 2.24) is 0 Å². The summed E-state index contributed by atoms with van der Waals surface area (Å²) < 4.78 is 4.99. The Morgan fingerprint density at radius 2 is 2.00 bits per heavy atom. The van der Waals surface area contributed by atoms with Gasteiger partial charge in [0.05, 0.1) is 11.8 Å². The van der Waals surface area contributed by atoms with Crippen molar-refractivity contribution >= 4 is 23.2 Å². The van der Waals surface area contributed by atoms with E-state index in [1.165, 1.54) is 6.26 Å². The summed E-state index contributed by atoms with van der Waals surface area (Å²) in [5.74, 6) is -0.126. The molecule has 0 atom stereocenters. The summed E-state index contributed by atoms with van der Waals surface area (Å²) >= 11 is 5.89. The highest BCUT2D eigenvalue weighted by Gasteiger charge is 2.21. The number of halogens is 1. The third-order valence-corrected chi connectivity index (χ3v) is 3.19. The van der Waals surface area contributed by atoms with Crippen molar-refractivity contribution in [3.63, 3.8) is 0 Å². The second kappa shape index (κ2) is 6.43. The Morgan fingerprint density at radius 1 is 1.26 bits per heavy atom. The van der Waals surface area contributed by atoms with Gasteiger partial charge in [0.1, 0.15) is 0 Å². The van der Waals surface area contributed by atoms with Crippen LogP contribution in [0.25, 0.3) is 0 Å². The highest BCUT2D eigenvalue weighted by molar-refractivity contribution is 6.32. The number of rotatable bonds is 5. The number of benzene rings is 1. The third-order valence-electron chi connectivity index (χ3n) is 2.90. The molecule has 0 saturated carbocycles. The number of hydrogen-bond donors (Lipinski definition) is 0. The molecule has 0 N–H and O–H groups in total. The number of amides is 1. The van der Waals surface area contributed by atoms with Gasteiger partial charge in [-0.25, -0.2) is 0 Å². The summed E-state index contributed by atoms with van der Waals surface area (Å²) in [5.41, 5.74) is 1.28. The van der Waals surface area contributed by atoms with Gasteiger partial charge < -0.3 is 9.32 Å². The molecule has 0 aliphatic carbocycles. The summed E-state index contributed by atoms with van der Waals surface area (Å²) in [7, 11) is 0. The zero-order chi connectivity index (χ0) is 13.7. The maximum Gasteiger partial charge on any atom is 0.263 e. The molecule has 4 heteroatoms. The summed E-state index contributed by atoms with van der Waals surface area (Å²) in [5, 5.41) is 0.141. The molecule has 3 nitrogen and oxygen atoms in total. The lowest BCUT2D eigenvalue weighted by Gasteiger charge is -2.22. The summed E-state index contributed by atoms with van der Waals surface area (Å²) in [6.07, 6.45) is 3.39. The Morgan fingerprint density at radius 3 is 2.58 bits per heavy atom. The van der Waals surface area contributed by atoms with Crippen molar-refractivity contribution in [2.45, 2.75) is 19.8 Å². The number of carbonyl (C=O) groups is 1. The van der Waals surface area contributed by atoms with Gasteiger partial charge in [0, 0.05) is 12.2 Å². The molecule has 1 heterocycles. The molecule has 1 amide bonds. The number of para-hydroxylation sites is 1. The van der Waals surface area contributed by atoms with E-state index in [-0.39, 0.29) is 11.1 Å². The third kappa shape index (κ3) is 3.18. The predicted octanol–water partition coefficient (Wildman–Crippen LogP) is 4.38. The Hall–Kier alpha value is -1.74. The first-order valence-electron chi connectivity index (χ1n) is 6.34. The lowest BCUT2D eigenvalue weighted by molar-refractivity contribution is 0.0986. The molecule has 2 rings (SSSR count). The Balaban J connectivity index is 2.28. The zero-order valence-corrected chi connectivity index (χ0v) is 11.6. The largest absolute Gasteiger partial charge is 0.452 e. The molecule has 0 radical (unpaired) electrons. The second-order valence-electron chi connectivity index (χ2n) is 4.25. The minimum atomic E-state index is -0.126. The van der Waals surface area contributed by atoms with E-state index < -0.39 is 0 Å². The van der Waals surface area contributed by atoms with E-state index in [0.29, 0.717) is 12.1 Å². The quantitative estimate of drug-likeness (QED) is 0.812. The SMILES string of the molecule is CCCCN(C(=O)c1ccoc1Cl)c1ccccc1. The molecule has 0 spiro atoms. The Labute approximate surface area is 117 Å². The molecule has 0 unspecified atom stereocenters. The van der Waals surface area contributed by atoms with E-state index in [1.54, 1.807) is 11.0 Å². The lowest BCUT2D eigenvalue weighted by Crippen LogP contribution is -2.31. The van der Waals surface area contributed by atoms with Gasteiger partial charge >= 0.3 is 0 Å². The van der Waals surface area contributed by atoms with Crippen LogP contribution < -0.4 is 4.90 Å². The van der Waals surface area contributed by atoms with Crippen LogP contribution in [0.3, 0.4) is 0 Å². The maximum atomic E-state index is 12.5. The van der Waals surface area contributed by atoms with Gasteiger partial charge in [-0.2, -0.15) is 0 Å². The minimum absolute atomic E-state index is 0.126. The first-order chi connectivity index (χ1) is 9.24. The van der Waals surface area contributed by atoms with E-state index in [2.05, 4.69) is 6.92 Å². The fourth-order valence-electron chi connectivity index (χ4n) is 1.86. The normalized spacial score (nSPS) is 10.4. The highest BCUT2D eigenvalue weighted by atomic mass is 35.5. The topological polar surface area (TPSA) is 33.5 Å². The van der Waals surface area contributed by atoms with Gasteiger partial charge in [0.15, 0.2) is 0 Å². The number of carbonyl (C=O) groups excluding carboxylic acids is 1. The summed E-state index contributed by atoms with van der Waals surface area (Å²) in [6, 6.07) is 11.2. The maximum absolute atomic E-state index is 12.5. The van der Waals surface area contributed by atoms with Crippen LogP contribution in [0.5, 0.6) is 0 Å². The second-order valence-corrected chi connectivity index (χ2v) is 4.60. The number of nitrogens with zero attached hydrogens (tertiary/aromatic N) is 1. The first kappa shape index (κ1) is 13.7. The average molecular weight is 278 g/mol. The van der Waals surface area contributed by atoms with Crippen LogP contribution in [-0.4, -0.2) is 12.5 Å². The molecule has 0 fully saturated rings. The van der Waals surface area contributed by atoms with Crippen LogP contribution >= 0.6 is 11.6 Å². The first-order valence-corrected chi connectivity index (χ1v) is 6.71. The number of anilines is 1. The van der Waals surface area contributed by atoms with Gasteiger partial charge in [0.2, 0.25) is 5.22 Å². The Kier molecular flexibility index (Phi) is 4.63. The number of unbranched alkanes of at least 4 members (excludes halogenated alkanes) is 1. The molecule has 100 valence electrons. The molecule has 0 aliphatic heterocycles. The molecular weight excluding hydrogens is 262 g/mol. The van der Waals surface area contributed by atoms with Crippen molar-refractivity contribution in [2.75, 3.05) is 11.4 Å². The monoisotopic (exact) mass is 277 g/mol. The van der Waals surface area contributed by atoms with Crippen molar-refractivity contribution in [3.8, 4) is 0 Å². The minimum Gasteiger partial charge on any atom is -0.452 e. The van der Waals surface area contributed by atoms with Crippen molar-refractivity contribution in [3.05, 3.63) is 53.4 Å². The summed E-state index contributed by atoms with van der Waals surface area (Å²) in [4.78, 5) is 14.3. The van der Waals surface area contributed by atoms with Crippen LogP contribution in [0.1, 0.15) is 30.1 Å². The smallest absolute Gasteiger partial charge is 0.263 e. The molecule has 0 saturated heterocycles. The van der Waals surface area contributed by atoms with Crippen LogP contribution in [0.4, 0.5) is 5.69 Å². The lowest BCUT2D eigenvalue weighted by atomic mass is 10.2. The van der Waals surface area contributed by atoms with E-state index in [4.69, 9.17) is 16.0 Å². The van der Waals surface area contributed by atoms with Gasteiger partial charge in [-0.05, 0) is 36.2 Å². The fourth-order valence-corrected chi connectivity index (χ4v) is 2.06. The molecule has 19 heavy (non-hydrogen) atoms. The van der Waals surface area contributed by atoms with Crippen LogP contribution in [0, 0.1) is 0 Å². The Bertz CT molecular complexity index is 536. The van der Waals surface area contributed by atoms with E-state index in [9.17, 15) is 4.79 Å². The molecule has 2 aromatic rings. The van der Waals surface area contributed by atoms with E-state index in [0.717, 1.165) is 18.5 Å². The van der Waals surface area contributed by atoms with Gasteiger partial charge in [-0.15, -0.1) is 0 Å². The van der Waals surface area contributed by atoms with Gasteiger partial charge in [-0.3, -0.25) is 4.79 Å². The van der Waals surface area contributed by atoms with Crippen molar-refractivity contribution in [1.29, 1.82) is 0 Å². The molecule has 1 aromatic carbocycles. The molecule has 0 bridgehead atoms. The van der Waals surface area contributed by atoms with Crippen LogP contribution in [0.15, 0.2) is 47.1 Å². The van der Waals surface area contributed by atoms with E-state index >= 15 is 0 Å². The average Bonchev–Trinajstić information content (AvgIpc) is 2.86. The van der Waals surface area contributed by atoms with Crippen LogP contribution in [0.2, 0.25) is 5.22 Å².